The van der Waals surface area contributed by atoms with Crippen LogP contribution in [-0.4, -0.2) is 9.97 Å². The molecule has 15 heavy (non-hydrogen) atoms. The van der Waals surface area contributed by atoms with Crippen LogP contribution in [0.5, 0.6) is 0 Å². The Kier molecular flexibility index (Phi) is 1.80. The first-order valence-corrected chi connectivity index (χ1v) is 4.98. The molecule has 2 aromatic rings. The SMILES string of the molecule is C1=CC/C=C\c2c([nH]c3cnccc23)C=1. The third-order valence-corrected chi connectivity index (χ3v) is 2.55. The molecule has 2 nitrogen and oxygen atoms in total. The molecule has 2 heteroatoms. The number of allylic oxidation sites excluding steroid dienone is 2. The smallest absolute Gasteiger partial charge is 0.0651 e. The molecule has 2 heterocycles. The Morgan fingerprint density at radius 3 is 3.40 bits per heavy atom. The van der Waals surface area contributed by atoms with E-state index >= 15 is 0 Å². The molecule has 0 saturated heterocycles. The van der Waals surface area contributed by atoms with Gasteiger partial charge in [-0.05, 0) is 18.6 Å². The molecule has 0 saturated carbocycles. The van der Waals surface area contributed by atoms with E-state index in [0.29, 0.717) is 0 Å². The van der Waals surface area contributed by atoms with Gasteiger partial charge < -0.3 is 4.98 Å². The fourth-order valence-corrected chi connectivity index (χ4v) is 1.84. The highest BCUT2D eigenvalue weighted by Gasteiger charge is 2.06. The lowest BCUT2D eigenvalue weighted by molar-refractivity contribution is 1.33. The van der Waals surface area contributed by atoms with Crippen molar-refractivity contribution in [3.8, 4) is 0 Å². The molecule has 0 radical (unpaired) electrons. The van der Waals surface area contributed by atoms with Gasteiger partial charge in [0.15, 0.2) is 0 Å². The Balaban J connectivity index is 2.40. The highest BCUT2D eigenvalue weighted by molar-refractivity contribution is 5.92. The second-order valence-corrected chi connectivity index (χ2v) is 3.53. The summed E-state index contributed by atoms with van der Waals surface area (Å²) in [4.78, 5) is 7.44. The van der Waals surface area contributed by atoms with Crippen molar-refractivity contribution in [2.75, 3.05) is 0 Å². The van der Waals surface area contributed by atoms with Gasteiger partial charge in [0.25, 0.3) is 0 Å². The molecule has 3 rings (SSSR count). The average molecular weight is 194 g/mol. The molecule has 0 atom stereocenters. The Morgan fingerprint density at radius 2 is 2.40 bits per heavy atom. The van der Waals surface area contributed by atoms with Crippen LogP contribution in [0.4, 0.5) is 0 Å². The highest BCUT2D eigenvalue weighted by atomic mass is 14.7. The van der Waals surface area contributed by atoms with Crippen LogP contribution in [0.3, 0.4) is 0 Å². The molecular formula is C13H10N2. The number of hydrogen-bond donors (Lipinski definition) is 1. The van der Waals surface area contributed by atoms with Crippen LogP contribution in [-0.2, 0) is 0 Å². The van der Waals surface area contributed by atoms with E-state index in [0.717, 1.165) is 17.6 Å². The molecule has 1 aliphatic rings. The molecular weight excluding hydrogens is 184 g/mol. The van der Waals surface area contributed by atoms with Gasteiger partial charge >= 0.3 is 0 Å². The Bertz CT molecular complexity index is 596. The fourth-order valence-electron chi connectivity index (χ4n) is 1.84. The number of H-pyrrole nitrogens is 1. The summed E-state index contributed by atoms with van der Waals surface area (Å²) in [5, 5.41) is 1.22. The molecule has 2 aromatic heterocycles. The number of pyridine rings is 1. The Labute approximate surface area is 87.7 Å². The van der Waals surface area contributed by atoms with Crippen LogP contribution >= 0.6 is 0 Å². The zero-order chi connectivity index (χ0) is 10.1. The van der Waals surface area contributed by atoms with Gasteiger partial charge in [0.05, 0.1) is 17.4 Å². The minimum absolute atomic E-state index is 0.938. The summed E-state index contributed by atoms with van der Waals surface area (Å²) < 4.78 is 0. The number of hydrogen-bond acceptors (Lipinski definition) is 1. The first-order valence-electron chi connectivity index (χ1n) is 4.98. The first-order chi connectivity index (χ1) is 7.45. The molecule has 0 amide bonds. The highest BCUT2D eigenvalue weighted by Crippen LogP contribution is 2.24. The van der Waals surface area contributed by atoms with Crippen LogP contribution in [0.25, 0.3) is 23.1 Å². The van der Waals surface area contributed by atoms with Crippen molar-refractivity contribution in [1.82, 2.24) is 9.97 Å². The Hall–Kier alpha value is -2.05. The van der Waals surface area contributed by atoms with Crippen molar-refractivity contribution in [1.29, 1.82) is 0 Å². The van der Waals surface area contributed by atoms with Gasteiger partial charge in [-0.1, -0.05) is 12.2 Å². The summed E-state index contributed by atoms with van der Waals surface area (Å²) in [6.45, 7) is 0. The molecule has 0 spiro atoms. The van der Waals surface area contributed by atoms with E-state index in [1.54, 1.807) is 0 Å². The van der Waals surface area contributed by atoms with Gasteiger partial charge in [-0.15, -0.1) is 5.73 Å². The monoisotopic (exact) mass is 194 g/mol. The normalized spacial score (nSPS) is 16.0. The second-order valence-electron chi connectivity index (χ2n) is 3.53. The van der Waals surface area contributed by atoms with Crippen LogP contribution in [0, 0.1) is 0 Å². The van der Waals surface area contributed by atoms with Crippen molar-refractivity contribution in [3.63, 3.8) is 0 Å². The summed E-state index contributed by atoms with van der Waals surface area (Å²) in [6, 6.07) is 2.04. The maximum absolute atomic E-state index is 4.11. The number of rotatable bonds is 0. The fraction of sp³-hybridized carbons (Fsp3) is 0.0769. The van der Waals surface area contributed by atoms with Gasteiger partial charge in [0.2, 0.25) is 0 Å². The maximum Gasteiger partial charge on any atom is 0.0651 e. The largest absolute Gasteiger partial charge is 0.353 e. The third-order valence-electron chi connectivity index (χ3n) is 2.55. The van der Waals surface area contributed by atoms with Gasteiger partial charge in [0, 0.05) is 23.2 Å². The van der Waals surface area contributed by atoms with E-state index < -0.39 is 0 Å². The predicted octanol–water partition coefficient (Wildman–Crippen LogP) is 3.15. The van der Waals surface area contributed by atoms with E-state index in [1.807, 2.05) is 30.6 Å². The van der Waals surface area contributed by atoms with E-state index in [4.69, 9.17) is 0 Å². The molecule has 0 bridgehead atoms. The van der Waals surface area contributed by atoms with Gasteiger partial charge in [-0.3, -0.25) is 4.98 Å². The van der Waals surface area contributed by atoms with Gasteiger partial charge in [-0.2, -0.15) is 0 Å². The molecule has 72 valence electrons. The zero-order valence-electron chi connectivity index (χ0n) is 8.20. The number of nitrogens with zero attached hydrogens (tertiary/aromatic N) is 1. The van der Waals surface area contributed by atoms with E-state index in [9.17, 15) is 0 Å². The number of aromatic nitrogens is 2. The Morgan fingerprint density at radius 1 is 1.40 bits per heavy atom. The minimum atomic E-state index is 0.938. The standard InChI is InChI=1S/C13H10N2/c1-2-4-6-12-10(5-3-1)11-7-8-14-9-13(11)15-12/h2-3,5-9,15H,1H2/b5-3-. The summed E-state index contributed by atoms with van der Waals surface area (Å²) in [6.07, 6.45) is 12.9. The molecule has 0 fully saturated rings. The van der Waals surface area contributed by atoms with Crippen molar-refractivity contribution in [2.45, 2.75) is 6.42 Å². The lowest BCUT2D eigenvalue weighted by Crippen LogP contribution is -1.76. The van der Waals surface area contributed by atoms with E-state index in [1.165, 1.54) is 10.9 Å². The zero-order valence-corrected chi connectivity index (χ0v) is 8.20. The first kappa shape index (κ1) is 8.27. The molecule has 0 aromatic carbocycles. The number of aromatic amines is 1. The number of nitrogens with one attached hydrogen (secondary N) is 1. The lowest BCUT2D eigenvalue weighted by Gasteiger charge is -1.94. The lowest BCUT2D eigenvalue weighted by atomic mass is 10.1. The van der Waals surface area contributed by atoms with Crippen LogP contribution < -0.4 is 0 Å². The number of fused-ring (bicyclic) bond motifs is 3. The van der Waals surface area contributed by atoms with Crippen molar-refractivity contribution in [3.05, 3.63) is 47.6 Å². The summed E-state index contributed by atoms with van der Waals surface area (Å²) in [5.74, 6) is 0. The topological polar surface area (TPSA) is 28.7 Å². The van der Waals surface area contributed by atoms with Gasteiger partial charge in [-0.25, -0.2) is 0 Å². The van der Waals surface area contributed by atoms with Crippen molar-refractivity contribution < 1.29 is 0 Å². The van der Waals surface area contributed by atoms with Crippen molar-refractivity contribution >= 4 is 23.1 Å². The second kappa shape index (κ2) is 3.26. The molecule has 0 unspecified atom stereocenters. The van der Waals surface area contributed by atoms with Crippen LogP contribution in [0.2, 0.25) is 0 Å². The predicted molar refractivity (Wildman–Crippen MR) is 62.3 cm³/mol. The summed E-state index contributed by atoms with van der Waals surface area (Å²) in [7, 11) is 0. The van der Waals surface area contributed by atoms with Crippen molar-refractivity contribution in [2.24, 2.45) is 0 Å². The molecule has 1 N–H and O–H groups in total. The van der Waals surface area contributed by atoms with E-state index in [2.05, 4.69) is 27.9 Å². The summed E-state index contributed by atoms with van der Waals surface area (Å²) in [5.41, 5.74) is 6.56. The minimum Gasteiger partial charge on any atom is -0.353 e. The molecule has 1 aliphatic carbocycles. The summed E-state index contributed by atoms with van der Waals surface area (Å²) >= 11 is 0. The average Bonchev–Trinajstić information content (AvgIpc) is 2.55. The van der Waals surface area contributed by atoms with Gasteiger partial charge in [0.1, 0.15) is 0 Å². The molecule has 0 aliphatic heterocycles. The van der Waals surface area contributed by atoms with Crippen LogP contribution in [0.1, 0.15) is 17.7 Å². The quantitative estimate of drug-likeness (QED) is 0.641. The van der Waals surface area contributed by atoms with E-state index in [-0.39, 0.29) is 0 Å². The third kappa shape index (κ3) is 1.32. The van der Waals surface area contributed by atoms with Crippen LogP contribution in [0.15, 0.2) is 36.3 Å². The maximum atomic E-state index is 4.11.